The van der Waals surface area contributed by atoms with Gasteiger partial charge in [-0.25, -0.2) is 0 Å². The molecule has 2 aromatic rings. The fourth-order valence-electron chi connectivity index (χ4n) is 2.53. The van der Waals surface area contributed by atoms with Crippen molar-refractivity contribution in [2.24, 2.45) is 5.73 Å². The second kappa shape index (κ2) is 7.08. The molecule has 0 radical (unpaired) electrons. The maximum atomic E-state index is 10.4. The van der Waals surface area contributed by atoms with Gasteiger partial charge in [0.2, 0.25) is 5.39 Å². The molecule has 0 fully saturated rings. The Bertz CT molecular complexity index is 692. The molecule has 4 nitrogen and oxygen atoms in total. The van der Waals surface area contributed by atoms with Crippen LogP contribution in [0.1, 0.15) is 11.1 Å². The first-order valence-corrected chi connectivity index (χ1v) is 7.24. The topological polar surface area (TPSA) is 74.4 Å². The van der Waals surface area contributed by atoms with Gasteiger partial charge in [0.1, 0.15) is 0 Å². The van der Waals surface area contributed by atoms with E-state index in [0.29, 0.717) is 11.4 Å². The highest BCUT2D eigenvalue weighted by Gasteiger charge is 2.38. The molecule has 5 heteroatoms. The van der Waals surface area contributed by atoms with E-state index in [2.05, 4.69) is 4.98 Å². The van der Waals surface area contributed by atoms with Gasteiger partial charge in [-0.05, 0) is 29.7 Å². The third-order valence-corrected chi connectivity index (χ3v) is 4.02. The molecule has 1 atom stereocenters. The Kier molecular flexibility index (Phi) is 5.16. The molecule has 0 amide bonds. The number of aliphatic hydroxyl groups is 1. The van der Waals surface area contributed by atoms with Crippen molar-refractivity contribution >= 4 is 11.6 Å². The molecular formula is C17H17ClN3O+. The lowest BCUT2D eigenvalue weighted by atomic mass is 9.74. The SMILES string of the molecule is N#[N+]/C=C(\O)C(CN)(Cc1ccccc1)c1ccc(Cl)cc1. The maximum Gasteiger partial charge on any atom is 0.388 e. The zero-order chi connectivity index (χ0) is 16.0. The van der Waals surface area contributed by atoms with Gasteiger partial charge < -0.3 is 10.8 Å². The number of hydrogen-bond donors (Lipinski definition) is 2. The largest absolute Gasteiger partial charge is 0.505 e. The smallest absolute Gasteiger partial charge is 0.388 e. The van der Waals surface area contributed by atoms with Gasteiger partial charge in [-0.15, -0.1) is 0 Å². The number of aliphatic hydroxyl groups excluding tert-OH is 1. The van der Waals surface area contributed by atoms with Crippen LogP contribution in [0, 0.1) is 5.39 Å². The van der Waals surface area contributed by atoms with Gasteiger partial charge in [-0.1, -0.05) is 54.1 Å². The number of rotatable bonds is 5. The number of benzene rings is 2. The van der Waals surface area contributed by atoms with Crippen LogP contribution < -0.4 is 5.73 Å². The minimum Gasteiger partial charge on any atom is -0.505 e. The predicted octanol–water partition coefficient (Wildman–Crippen LogP) is 4.03. The summed E-state index contributed by atoms with van der Waals surface area (Å²) in [5, 5.41) is 19.8. The molecule has 0 heterocycles. The van der Waals surface area contributed by atoms with Crippen LogP contribution in [0.25, 0.3) is 4.98 Å². The summed E-state index contributed by atoms with van der Waals surface area (Å²) < 4.78 is 0. The standard InChI is InChI=1S/C17H16ClN3O/c18-15-8-6-14(7-9-15)17(12-19,16(22)11-21-20)10-13-4-2-1-3-5-13/h1-9,11H,10,12,19H2/p+1/b16-11-. The second-order valence-corrected chi connectivity index (χ2v) is 5.52. The Morgan fingerprint density at radius 1 is 1.18 bits per heavy atom. The third kappa shape index (κ3) is 3.28. The summed E-state index contributed by atoms with van der Waals surface area (Å²) in [5.74, 6) is -0.0938. The zero-order valence-corrected chi connectivity index (χ0v) is 12.7. The molecule has 3 N–H and O–H groups in total. The molecule has 22 heavy (non-hydrogen) atoms. The van der Waals surface area contributed by atoms with E-state index < -0.39 is 5.41 Å². The molecule has 0 saturated carbocycles. The van der Waals surface area contributed by atoms with Crippen molar-refractivity contribution in [2.75, 3.05) is 6.54 Å². The van der Waals surface area contributed by atoms with Crippen molar-refractivity contribution < 1.29 is 5.11 Å². The molecule has 2 aromatic carbocycles. The predicted molar refractivity (Wildman–Crippen MR) is 88.1 cm³/mol. The lowest BCUT2D eigenvalue weighted by Crippen LogP contribution is -2.39. The highest BCUT2D eigenvalue weighted by Crippen LogP contribution is 2.34. The Balaban J connectivity index is 2.54. The Morgan fingerprint density at radius 2 is 1.82 bits per heavy atom. The average Bonchev–Trinajstić information content (AvgIpc) is 2.54. The first-order chi connectivity index (χ1) is 10.6. The van der Waals surface area contributed by atoms with Gasteiger partial charge in [0, 0.05) is 11.6 Å². The van der Waals surface area contributed by atoms with Crippen LogP contribution >= 0.6 is 11.6 Å². The monoisotopic (exact) mass is 314 g/mol. The summed E-state index contributed by atoms with van der Waals surface area (Å²) in [6.07, 6.45) is 1.49. The molecule has 0 aliphatic rings. The highest BCUT2D eigenvalue weighted by molar-refractivity contribution is 6.30. The van der Waals surface area contributed by atoms with Crippen LogP contribution in [0.3, 0.4) is 0 Å². The van der Waals surface area contributed by atoms with Crippen LogP contribution in [0.5, 0.6) is 0 Å². The lowest BCUT2D eigenvalue weighted by molar-refractivity contribution is 0.294. The van der Waals surface area contributed by atoms with Crippen LogP contribution in [-0.4, -0.2) is 11.7 Å². The molecule has 0 spiro atoms. The van der Waals surface area contributed by atoms with Gasteiger partial charge in [0.15, 0.2) is 10.7 Å². The normalized spacial score (nSPS) is 14.1. The lowest BCUT2D eigenvalue weighted by Gasteiger charge is -2.31. The fraction of sp³-hybridized carbons (Fsp3) is 0.176. The molecule has 0 aromatic heterocycles. The fourth-order valence-corrected chi connectivity index (χ4v) is 2.65. The van der Waals surface area contributed by atoms with Crippen LogP contribution in [0.2, 0.25) is 5.02 Å². The van der Waals surface area contributed by atoms with E-state index in [1.54, 1.807) is 12.1 Å². The van der Waals surface area contributed by atoms with Crippen molar-refractivity contribution in [3.05, 3.63) is 87.7 Å². The summed E-state index contributed by atoms with van der Waals surface area (Å²) in [5.41, 5.74) is 6.94. The average molecular weight is 315 g/mol. The number of diazo groups is 1. The van der Waals surface area contributed by atoms with Crippen molar-refractivity contribution in [3.8, 4) is 0 Å². The second-order valence-electron chi connectivity index (χ2n) is 5.09. The maximum absolute atomic E-state index is 10.4. The third-order valence-electron chi connectivity index (χ3n) is 3.76. The van der Waals surface area contributed by atoms with Crippen molar-refractivity contribution in [1.29, 1.82) is 5.39 Å². The van der Waals surface area contributed by atoms with Crippen molar-refractivity contribution in [3.63, 3.8) is 0 Å². The first kappa shape index (κ1) is 16.0. The van der Waals surface area contributed by atoms with Crippen LogP contribution in [-0.2, 0) is 11.8 Å². The molecule has 2 rings (SSSR count). The first-order valence-electron chi connectivity index (χ1n) is 6.86. The molecule has 112 valence electrons. The van der Waals surface area contributed by atoms with Gasteiger partial charge in [-0.2, -0.15) is 0 Å². The van der Waals surface area contributed by atoms with E-state index in [4.69, 9.17) is 22.7 Å². The Labute approximate surface area is 134 Å². The Hall–Kier alpha value is -2.35. The minimum absolute atomic E-state index is 0.0938. The summed E-state index contributed by atoms with van der Waals surface area (Å²) in [6, 6.07) is 16.8. The Morgan fingerprint density at radius 3 is 2.36 bits per heavy atom. The summed E-state index contributed by atoms with van der Waals surface area (Å²) in [7, 11) is 0. The molecule has 0 aliphatic carbocycles. The molecule has 1 unspecified atom stereocenters. The van der Waals surface area contributed by atoms with Crippen LogP contribution in [0.15, 0.2) is 66.6 Å². The van der Waals surface area contributed by atoms with Gasteiger partial charge in [0.25, 0.3) is 0 Å². The number of halogens is 1. The molecular weight excluding hydrogens is 298 g/mol. The van der Waals surface area contributed by atoms with Gasteiger partial charge >= 0.3 is 6.20 Å². The summed E-state index contributed by atoms with van der Waals surface area (Å²) in [4.78, 5) is 2.94. The van der Waals surface area contributed by atoms with E-state index in [0.717, 1.165) is 17.3 Å². The van der Waals surface area contributed by atoms with Gasteiger partial charge in [0.05, 0.1) is 5.41 Å². The molecule has 0 aliphatic heterocycles. The van der Waals surface area contributed by atoms with E-state index in [9.17, 15) is 5.11 Å². The summed E-state index contributed by atoms with van der Waals surface area (Å²) >= 11 is 5.94. The zero-order valence-electron chi connectivity index (χ0n) is 12.0. The number of hydrogen-bond acceptors (Lipinski definition) is 3. The van der Waals surface area contributed by atoms with Crippen molar-refractivity contribution in [2.45, 2.75) is 11.8 Å². The van der Waals surface area contributed by atoms with E-state index in [-0.39, 0.29) is 12.3 Å². The van der Waals surface area contributed by atoms with E-state index >= 15 is 0 Å². The van der Waals surface area contributed by atoms with E-state index in [1.807, 2.05) is 42.5 Å². The van der Waals surface area contributed by atoms with Crippen molar-refractivity contribution in [1.82, 2.24) is 0 Å². The molecule has 0 saturated heterocycles. The number of nitrogens with zero attached hydrogens (tertiary/aromatic N) is 2. The molecule has 0 bridgehead atoms. The van der Waals surface area contributed by atoms with Gasteiger partial charge in [-0.3, -0.25) is 0 Å². The van der Waals surface area contributed by atoms with E-state index in [1.165, 1.54) is 0 Å². The quantitative estimate of drug-likeness (QED) is 0.646. The number of nitrogens with two attached hydrogens (primary N) is 1. The van der Waals surface area contributed by atoms with Crippen LogP contribution in [0.4, 0.5) is 0 Å². The highest BCUT2D eigenvalue weighted by atomic mass is 35.5. The minimum atomic E-state index is -0.877. The summed E-state index contributed by atoms with van der Waals surface area (Å²) in [6.45, 7) is 0.154.